The van der Waals surface area contributed by atoms with Crippen LogP contribution in [-0.2, 0) is 0 Å². The van der Waals surface area contributed by atoms with Gasteiger partial charge in [-0.15, -0.1) is 0 Å². The molecule has 1 unspecified atom stereocenters. The van der Waals surface area contributed by atoms with Crippen LogP contribution in [0.25, 0.3) is 0 Å². The molecule has 1 aromatic heterocycles. The minimum Gasteiger partial charge on any atom is -0.317 e. The number of nitrogens with one attached hydrogen (secondary N) is 1. The molecule has 98 valence electrons. The largest absolute Gasteiger partial charge is 0.317 e. The second-order valence-electron chi connectivity index (χ2n) is 4.86. The van der Waals surface area contributed by atoms with Crippen molar-refractivity contribution in [3.63, 3.8) is 0 Å². The van der Waals surface area contributed by atoms with Gasteiger partial charge in [0, 0.05) is 12.0 Å². The van der Waals surface area contributed by atoms with Gasteiger partial charge in [-0.25, -0.2) is 0 Å². The second kappa shape index (κ2) is 7.17. The summed E-state index contributed by atoms with van der Waals surface area (Å²) in [6, 6.07) is 0.419. The summed E-state index contributed by atoms with van der Waals surface area (Å²) in [6.07, 6.45) is 4.25. The maximum absolute atomic E-state index is 4.43. The van der Waals surface area contributed by atoms with E-state index >= 15 is 0 Å². The van der Waals surface area contributed by atoms with Gasteiger partial charge in [-0.1, -0.05) is 13.8 Å². The van der Waals surface area contributed by atoms with Crippen molar-refractivity contribution < 1.29 is 0 Å². The summed E-state index contributed by atoms with van der Waals surface area (Å²) in [5, 5.41) is 7.88. The normalized spacial score (nSPS) is 13.3. The van der Waals surface area contributed by atoms with Crippen LogP contribution >= 0.6 is 15.9 Å². The Morgan fingerprint density at radius 1 is 1.35 bits per heavy atom. The fourth-order valence-corrected chi connectivity index (χ4v) is 2.64. The summed E-state index contributed by atoms with van der Waals surface area (Å²) in [4.78, 5) is 0. The van der Waals surface area contributed by atoms with Crippen LogP contribution in [0.2, 0.25) is 0 Å². The molecule has 0 amide bonds. The Morgan fingerprint density at radius 2 is 2.06 bits per heavy atom. The van der Waals surface area contributed by atoms with Crippen molar-refractivity contribution in [1.82, 2.24) is 15.1 Å². The van der Waals surface area contributed by atoms with E-state index in [9.17, 15) is 0 Å². The molecule has 4 heteroatoms. The monoisotopic (exact) mass is 301 g/mol. The van der Waals surface area contributed by atoms with Gasteiger partial charge in [-0.05, 0) is 55.7 Å². The van der Waals surface area contributed by atoms with Gasteiger partial charge in [0.25, 0.3) is 0 Å². The van der Waals surface area contributed by atoms with Crippen LogP contribution in [0, 0.1) is 0 Å². The molecule has 1 atom stereocenters. The lowest BCUT2D eigenvalue weighted by Crippen LogP contribution is -2.19. The molecule has 0 radical (unpaired) electrons. The Hall–Kier alpha value is -0.350. The van der Waals surface area contributed by atoms with E-state index in [4.69, 9.17) is 0 Å². The van der Waals surface area contributed by atoms with Gasteiger partial charge in [0.2, 0.25) is 0 Å². The summed E-state index contributed by atoms with van der Waals surface area (Å²) < 4.78 is 3.25. The van der Waals surface area contributed by atoms with Gasteiger partial charge in [-0.2, -0.15) is 5.10 Å². The lowest BCUT2D eigenvalue weighted by atomic mass is 10.0. The topological polar surface area (TPSA) is 29.9 Å². The SMILES string of the molecule is CCCNCCC(C)c1c(Br)cnn1C(C)C. The van der Waals surface area contributed by atoms with E-state index in [1.54, 1.807) is 0 Å². The molecule has 0 saturated carbocycles. The summed E-state index contributed by atoms with van der Waals surface area (Å²) in [7, 11) is 0. The number of halogens is 1. The van der Waals surface area contributed by atoms with Gasteiger partial charge in [0.15, 0.2) is 0 Å². The first-order valence-corrected chi connectivity index (χ1v) is 7.30. The molecule has 1 aromatic rings. The molecule has 0 fully saturated rings. The molecule has 0 spiro atoms. The predicted octanol–water partition coefficient (Wildman–Crippen LogP) is 3.72. The molecule has 1 rings (SSSR count). The van der Waals surface area contributed by atoms with Gasteiger partial charge >= 0.3 is 0 Å². The molecular weight excluding hydrogens is 278 g/mol. The van der Waals surface area contributed by atoms with Crippen LogP contribution in [0.3, 0.4) is 0 Å². The molecule has 0 aliphatic carbocycles. The zero-order chi connectivity index (χ0) is 12.8. The second-order valence-corrected chi connectivity index (χ2v) is 5.71. The van der Waals surface area contributed by atoms with Crippen molar-refractivity contribution in [1.29, 1.82) is 0 Å². The Morgan fingerprint density at radius 3 is 2.65 bits per heavy atom. The minimum atomic E-state index is 0.419. The van der Waals surface area contributed by atoms with Gasteiger partial charge < -0.3 is 5.32 Å². The number of rotatable bonds is 7. The lowest BCUT2D eigenvalue weighted by Gasteiger charge is -2.17. The van der Waals surface area contributed by atoms with Crippen molar-refractivity contribution in [2.45, 2.75) is 52.5 Å². The molecule has 0 aliphatic rings. The third-order valence-corrected chi connectivity index (χ3v) is 3.53. The summed E-state index contributed by atoms with van der Waals surface area (Å²) in [6.45, 7) is 11.0. The summed E-state index contributed by atoms with van der Waals surface area (Å²) >= 11 is 3.60. The van der Waals surface area contributed by atoms with E-state index in [0.717, 1.165) is 24.0 Å². The zero-order valence-corrected chi connectivity index (χ0v) is 12.9. The Kier molecular flexibility index (Phi) is 6.20. The van der Waals surface area contributed by atoms with Crippen molar-refractivity contribution >= 4 is 15.9 Å². The van der Waals surface area contributed by atoms with Crippen LogP contribution < -0.4 is 5.32 Å². The van der Waals surface area contributed by atoms with E-state index in [2.05, 4.69) is 58.7 Å². The minimum absolute atomic E-state index is 0.419. The van der Waals surface area contributed by atoms with Crippen LogP contribution in [-0.4, -0.2) is 22.9 Å². The van der Waals surface area contributed by atoms with E-state index < -0.39 is 0 Å². The molecule has 1 heterocycles. The van der Waals surface area contributed by atoms with Crippen LogP contribution in [0.5, 0.6) is 0 Å². The van der Waals surface area contributed by atoms with Crippen LogP contribution in [0.1, 0.15) is 58.2 Å². The average molecular weight is 302 g/mol. The number of nitrogens with zero attached hydrogens (tertiary/aromatic N) is 2. The Bertz CT molecular complexity index is 333. The number of aromatic nitrogens is 2. The molecule has 0 saturated heterocycles. The van der Waals surface area contributed by atoms with Gasteiger partial charge in [0.1, 0.15) is 0 Å². The molecule has 0 bridgehead atoms. The molecular formula is C13H24BrN3. The Balaban J connectivity index is 2.61. The van der Waals surface area contributed by atoms with Crippen molar-refractivity contribution in [2.24, 2.45) is 0 Å². The summed E-state index contributed by atoms with van der Waals surface area (Å²) in [5.74, 6) is 0.527. The third-order valence-electron chi connectivity index (χ3n) is 2.92. The third kappa shape index (κ3) is 4.11. The highest BCUT2D eigenvalue weighted by atomic mass is 79.9. The van der Waals surface area contributed by atoms with Crippen molar-refractivity contribution in [3.05, 3.63) is 16.4 Å². The highest BCUT2D eigenvalue weighted by Crippen LogP contribution is 2.28. The smallest absolute Gasteiger partial charge is 0.0635 e. The fraction of sp³-hybridized carbons (Fsp3) is 0.769. The first-order valence-electron chi connectivity index (χ1n) is 6.51. The van der Waals surface area contributed by atoms with E-state index in [1.165, 1.54) is 12.1 Å². The fourth-order valence-electron chi connectivity index (χ4n) is 1.98. The van der Waals surface area contributed by atoms with Crippen molar-refractivity contribution in [3.8, 4) is 0 Å². The standard InChI is InChI=1S/C13H24BrN3/c1-5-7-15-8-6-11(4)13-12(14)9-16-17(13)10(2)3/h9-11,15H,5-8H2,1-4H3. The Labute approximate surface area is 113 Å². The highest BCUT2D eigenvalue weighted by molar-refractivity contribution is 9.10. The maximum atomic E-state index is 4.43. The zero-order valence-electron chi connectivity index (χ0n) is 11.3. The van der Waals surface area contributed by atoms with Crippen LogP contribution in [0.4, 0.5) is 0 Å². The highest BCUT2D eigenvalue weighted by Gasteiger charge is 2.17. The molecule has 0 aromatic carbocycles. The van der Waals surface area contributed by atoms with E-state index in [1.807, 2.05) is 6.20 Å². The first-order chi connectivity index (χ1) is 8.07. The van der Waals surface area contributed by atoms with Crippen molar-refractivity contribution in [2.75, 3.05) is 13.1 Å². The van der Waals surface area contributed by atoms with Crippen LogP contribution in [0.15, 0.2) is 10.7 Å². The number of hydrogen-bond donors (Lipinski definition) is 1. The molecule has 17 heavy (non-hydrogen) atoms. The van der Waals surface area contributed by atoms with E-state index in [0.29, 0.717) is 12.0 Å². The maximum Gasteiger partial charge on any atom is 0.0635 e. The van der Waals surface area contributed by atoms with Gasteiger partial charge in [-0.3, -0.25) is 4.68 Å². The van der Waals surface area contributed by atoms with E-state index in [-0.39, 0.29) is 0 Å². The predicted molar refractivity (Wildman–Crippen MR) is 76.5 cm³/mol. The number of hydrogen-bond acceptors (Lipinski definition) is 2. The van der Waals surface area contributed by atoms with Gasteiger partial charge in [0.05, 0.1) is 16.4 Å². The average Bonchev–Trinajstić information content (AvgIpc) is 2.66. The lowest BCUT2D eigenvalue weighted by molar-refractivity contribution is 0.476. The molecule has 3 nitrogen and oxygen atoms in total. The quantitative estimate of drug-likeness (QED) is 0.778. The molecule has 1 N–H and O–H groups in total. The first kappa shape index (κ1) is 14.7. The summed E-state index contributed by atoms with van der Waals surface area (Å²) in [5.41, 5.74) is 1.32. The molecule has 0 aliphatic heterocycles.